The zero-order valence-corrected chi connectivity index (χ0v) is 8.65. The molecule has 0 spiro atoms. The van der Waals surface area contributed by atoms with E-state index in [0.717, 1.165) is 21.9 Å². The molecule has 0 radical (unpaired) electrons. The van der Waals surface area contributed by atoms with E-state index >= 15 is 0 Å². The summed E-state index contributed by atoms with van der Waals surface area (Å²) in [4.78, 5) is 10.5. The highest BCUT2D eigenvalue weighted by Crippen LogP contribution is 2.29. The monoisotopic (exact) mass is 201 g/mol. The van der Waals surface area contributed by atoms with Crippen LogP contribution in [-0.4, -0.2) is 4.92 Å². The van der Waals surface area contributed by atoms with Gasteiger partial charge in [0.15, 0.2) is 0 Å². The Bertz CT molecular complexity index is 547. The summed E-state index contributed by atoms with van der Waals surface area (Å²) in [5.41, 5.74) is 2.01. The van der Waals surface area contributed by atoms with Crippen LogP contribution in [0.15, 0.2) is 30.3 Å². The lowest BCUT2D eigenvalue weighted by atomic mass is 10.00. The molecule has 0 amide bonds. The SMILES string of the molecule is Cc1cccc2ccc([N+](=O)[O-])c(C)c12. The number of hydrogen-bond acceptors (Lipinski definition) is 2. The lowest BCUT2D eigenvalue weighted by Crippen LogP contribution is -1.93. The lowest BCUT2D eigenvalue weighted by Gasteiger charge is -2.05. The predicted molar refractivity (Wildman–Crippen MR) is 60.1 cm³/mol. The van der Waals surface area contributed by atoms with Crippen LogP contribution in [0.2, 0.25) is 0 Å². The normalized spacial score (nSPS) is 10.5. The van der Waals surface area contributed by atoms with Gasteiger partial charge in [-0.15, -0.1) is 0 Å². The molecule has 0 aromatic heterocycles. The van der Waals surface area contributed by atoms with Crippen LogP contribution in [0.1, 0.15) is 11.1 Å². The van der Waals surface area contributed by atoms with Crippen molar-refractivity contribution in [1.29, 1.82) is 0 Å². The molecule has 0 aliphatic heterocycles. The number of nitrogens with zero attached hydrogens (tertiary/aromatic N) is 1. The molecule has 0 fully saturated rings. The molecular weight excluding hydrogens is 190 g/mol. The molecule has 0 saturated carbocycles. The summed E-state index contributed by atoms with van der Waals surface area (Å²) < 4.78 is 0. The first kappa shape index (κ1) is 9.65. The van der Waals surface area contributed by atoms with Crippen LogP contribution in [0.25, 0.3) is 10.8 Å². The first-order valence-electron chi connectivity index (χ1n) is 4.74. The van der Waals surface area contributed by atoms with Crippen LogP contribution in [0.5, 0.6) is 0 Å². The second-order valence-electron chi connectivity index (χ2n) is 3.64. The van der Waals surface area contributed by atoms with Gasteiger partial charge >= 0.3 is 0 Å². The maximum absolute atomic E-state index is 10.8. The number of hydrogen-bond donors (Lipinski definition) is 0. The van der Waals surface area contributed by atoms with Gasteiger partial charge in [0.2, 0.25) is 0 Å². The average Bonchev–Trinajstić information content (AvgIpc) is 2.17. The maximum Gasteiger partial charge on any atom is 0.272 e. The lowest BCUT2D eigenvalue weighted by molar-refractivity contribution is -0.385. The van der Waals surface area contributed by atoms with Gasteiger partial charge in [0, 0.05) is 11.6 Å². The highest BCUT2D eigenvalue weighted by molar-refractivity contribution is 5.91. The summed E-state index contributed by atoms with van der Waals surface area (Å²) in [5, 5.41) is 12.8. The molecule has 0 aliphatic rings. The molecule has 15 heavy (non-hydrogen) atoms. The standard InChI is InChI=1S/C12H11NO2/c1-8-4-3-5-10-6-7-11(13(14)15)9(2)12(8)10/h3-7H,1-2H3. The van der Waals surface area contributed by atoms with Gasteiger partial charge in [0.05, 0.1) is 4.92 Å². The fraction of sp³-hybridized carbons (Fsp3) is 0.167. The fourth-order valence-corrected chi connectivity index (χ4v) is 1.96. The first-order valence-corrected chi connectivity index (χ1v) is 4.74. The number of aryl methyl sites for hydroxylation is 2. The second-order valence-corrected chi connectivity index (χ2v) is 3.64. The van der Waals surface area contributed by atoms with E-state index in [-0.39, 0.29) is 10.6 Å². The molecule has 0 heterocycles. The summed E-state index contributed by atoms with van der Waals surface area (Å²) in [5.74, 6) is 0. The Morgan fingerprint density at radius 3 is 2.53 bits per heavy atom. The molecule has 0 atom stereocenters. The quantitative estimate of drug-likeness (QED) is 0.524. The van der Waals surface area contributed by atoms with E-state index in [0.29, 0.717) is 0 Å². The summed E-state index contributed by atoms with van der Waals surface area (Å²) in [7, 11) is 0. The van der Waals surface area contributed by atoms with Crippen molar-refractivity contribution in [2.24, 2.45) is 0 Å². The molecule has 0 aliphatic carbocycles. The molecule has 2 rings (SSSR count). The summed E-state index contributed by atoms with van der Waals surface area (Å²) in [6, 6.07) is 9.27. The molecule has 0 bridgehead atoms. The second kappa shape index (κ2) is 3.35. The minimum Gasteiger partial charge on any atom is -0.258 e. The zero-order chi connectivity index (χ0) is 11.0. The van der Waals surface area contributed by atoms with E-state index in [2.05, 4.69) is 0 Å². The molecule has 3 heteroatoms. The minimum atomic E-state index is -0.332. The van der Waals surface area contributed by atoms with Crippen molar-refractivity contribution >= 4 is 16.5 Å². The van der Waals surface area contributed by atoms with Crippen LogP contribution in [0, 0.1) is 24.0 Å². The van der Waals surface area contributed by atoms with Crippen LogP contribution >= 0.6 is 0 Å². The topological polar surface area (TPSA) is 43.1 Å². The van der Waals surface area contributed by atoms with E-state index < -0.39 is 0 Å². The molecular formula is C12H11NO2. The van der Waals surface area contributed by atoms with Crippen LogP contribution < -0.4 is 0 Å². The van der Waals surface area contributed by atoms with Crippen molar-refractivity contribution in [3.63, 3.8) is 0 Å². The van der Waals surface area contributed by atoms with Gasteiger partial charge < -0.3 is 0 Å². The largest absolute Gasteiger partial charge is 0.272 e. The molecule has 76 valence electrons. The van der Waals surface area contributed by atoms with Crippen LogP contribution in [0.4, 0.5) is 5.69 Å². The van der Waals surface area contributed by atoms with Gasteiger partial charge in [0.25, 0.3) is 5.69 Å². The average molecular weight is 201 g/mol. The third-order valence-electron chi connectivity index (χ3n) is 2.68. The Kier molecular flexibility index (Phi) is 2.15. The van der Waals surface area contributed by atoms with Gasteiger partial charge in [-0.3, -0.25) is 10.1 Å². The number of rotatable bonds is 1. The van der Waals surface area contributed by atoms with Gasteiger partial charge in [-0.05, 0) is 36.2 Å². The third kappa shape index (κ3) is 1.46. The van der Waals surface area contributed by atoms with Crippen molar-refractivity contribution in [3.05, 3.63) is 51.6 Å². The Morgan fingerprint density at radius 1 is 1.13 bits per heavy atom. The van der Waals surface area contributed by atoms with Gasteiger partial charge in [0.1, 0.15) is 0 Å². The third-order valence-corrected chi connectivity index (χ3v) is 2.68. The van der Waals surface area contributed by atoms with E-state index in [1.54, 1.807) is 19.1 Å². The van der Waals surface area contributed by atoms with Gasteiger partial charge in [-0.25, -0.2) is 0 Å². The Labute approximate surface area is 87.5 Å². The zero-order valence-electron chi connectivity index (χ0n) is 8.65. The Balaban J connectivity index is 2.89. The van der Waals surface area contributed by atoms with Crippen molar-refractivity contribution in [2.75, 3.05) is 0 Å². The molecule has 0 N–H and O–H groups in total. The smallest absolute Gasteiger partial charge is 0.258 e. The predicted octanol–water partition coefficient (Wildman–Crippen LogP) is 3.36. The molecule has 3 nitrogen and oxygen atoms in total. The van der Waals surface area contributed by atoms with Crippen molar-refractivity contribution in [3.8, 4) is 0 Å². The number of nitro benzene ring substituents is 1. The van der Waals surface area contributed by atoms with Crippen LogP contribution in [-0.2, 0) is 0 Å². The van der Waals surface area contributed by atoms with Crippen molar-refractivity contribution in [1.82, 2.24) is 0 Å². The molecule has 2 aromatic carbocycles. The Morgan fingerprint density at radius 2 is 1.87 bits per heavy atom. The number of nitro groups is 1. The fourth-order valence-electron chi connectivity index (χ4n) is 1.96. The van der Waals surface area contributed by atoms with Crippen molar-refractivity contribution < 1.29 is 4.92 Å². The van der Waals surface area contributed by atoms with Gasteiger partial charge in [-0.1, -0.05) is 18.2 Å². The summed E-state index contributed by atoms with van der Waals surface area (Å²) >= 11 is 0. The number of fused-ring (bicyclic) bond motifs is 1. The molecule has 0 unspecified atom stereocenters. The summed E-state index contributed by atoms with van der Waals surface area (Å²) in [6.45, 7) is 3.77. The Hall–Kier alpha value is -1.90. The summed E-state index contributed by atoms with van der Waals surface area (Å²) in [6.07, 6.45) is 0. The highest BCUT2D eigenvalue weighted by Gasteiger charge is 2.13. The number of benzene rings is 2. The maximum atomic E-state index is 10.8. The molecule has 0 saturated heterocycles. The van der Waals surface area contributed by atoms with E-state index in [4.69, 9.17) is 0 Å². The molecule has 2 aromatic rings. The highest BCUT2D eigenvalue weighted by atomic mass is 16.6. The van der Waals surface area contributed by atoms with Gasteiger partial charge in [-0.2, -0.15) is 0 Å². The first-order chi connectivity index (χ1) is 7.11. The van der Waals surface area contributed by atoms with Crippen LogP contribution in [0.3, 0.4) is 0 Å². The van der Waals surface area contributed by atoms with E-state index in [1.165, 1.54) is 0 Å². The minimum absolute atomic E-state index is 0.191. The van der Waals surface area contributed by atoms with E-state index in [9.17, 15) is 10.1 Å². The van der Waals surface area contributed by atoms with Crippen molar-refractivity contribution in [2.45, 2.75) is 13.8 Å². The van der Waals surface area contributed by atoms with E-state index in [1.807, 2.05) is 25.1 Å².